The molecule has 0 atom stereocenters. The normalized spacial score (nSPS) is 14.6. The number of nitrogens with one attached hydrogen (secondary N) is 1. The van der Waals surface area contributed by atoms with Crippen LogP contribution in [-0.2, 0) is 16.1 Å². The lowest BCUT2D eigenvalue weighted by Crippen LogP contribution is -2.35. The minimum Gasteiger partial charge on any atom is -0.379 e. The minimum absolute atomic E-state index is 0.0971. The molecule has 1 aliphatic heterocycles. The number of ether oxygens (including phenoxy) is 1. The summed E-state index contributed by atoms with van der Waals surface area (Å²) in [5.74, 6) is 0.150. The first-order chi connectivity index (χ1) is 12.7. The Morgan fingerprint density at radius 3 is 2.77 bits per heavy atom. The number of rotatable bonds is 6. The summed E-state index contributed by atoms with van der Waals surface area (Å²) in [7, 11) is 0. The minimum atomic E-state index is -0.0971. The average Bonchev–Trinajstić information content (AvgIpc) is 2.69. The molecule has 2 aromatic rings. The molecule has 3 rings (SSSR count). The first-order valence-electron chi connectivity index (χ1n) is 8.41. The van der Waals surface area contributed by atoms with E-state index in [0.717, 1.165) is 38.5 Å². The van der Waals surface area contributed by atoms with Gasteiger partial charge in [-0.25, -0.2) is 4.98 Å². The van der Waals surface area contributed by atoms with Gasteiger partial charge in [0.15, 0.2) is 0 Å². The van der Waals surface area contributed by atoms with Crippen LogP contribution in [0.15, 0.2) is 47.6 Å². The third-order valence-corrected chi connectivity index (χ3v) is 4.89. The summed E-state index contributed by atoms with van der Waals surface area (Å²) in [4.78, 5) is 18.6. The van der Waals surface area contributed by atoms with Gasteiger partial charge in [0.05, 0.1) is 35.6 Å². The van der Waals surface area contributed by atoms with Gasteiger partial charge in [0.1, 0.15) is 0 Å². The van der Waals surface area contributed by atoms with Gasteiger partial charge in [-0.05, 0) is 29.8 Å². The number of aromatic nitrogens is 1. The van der Waals surface area contributed by atoms with Gasteiger partial charge in [0.25, 0.3) is 0 Å². The lowest BCUT2D eigenvalue weighted by atomic mass is 10.2. The lowest BCUT2D eigenvalue weighted by Gasteiger charge is -2.26. The number of morpholine rings is 1. The second-order valence-electron chi connectivity index (χ2n) is 5.92. The molecular weight excluding hydrogens is 348 g/mol. The number of carbonyl (C=O) groups excluding carboxylic acids is 1. The van der Waals surface area contributed by atoms with Crippen LogP contribution in [0.3, 0.4) is 0 Å². The Morgan fingerprint density at radius 2 is 2.04 bits per heavy atom. The Morgan fingerprint density at radius 1 is 1.27 bits per heavy atom. The van der Waals surface area contributed by atoms with Crippen molar-refractivity contribution in [2.75, 3.05) is 37.4 Å². The van der Waals surface area contributed by atoms with Crippen molar-refractivity contribution in [3.05, 3.63) is 53.7 Å². The second-order valence-corrected chi connectivity index (χ2v) is 6.91. The molecular formula is C19H20N4O2S. The van der Waals surface area contributed by atoms with Crippen LogP contribution in [0.2, 0.25) is 0 Å². The van der Waals surface area contributed by atoms with Crippen LogP contribution < -0.4 is 5.32 Å². The van der Waals surface area contributed by atoms with Crippen molar-refractivity contribution in [2.45, 2.75) is 11.6 Å². The maximum Gasteiger partial charge on any atom is 0.234 e. The van der Waals surface area contributed by atoms with Crippen molar-refractivity contribution in [1.82, 2.24) is 9.88 Å². The van der Waals surface area contributed by atoms with Crippen molar-refractivity contribution in [3.63, 3.8) is 0 Å². The van der Waals surface area contributed by atoms with Crippen LogP contribution in [0.1, 0.15) is 11.1 Å². The van der Waals surface area contributed by atoms with Crippen LogP contribution in [0, 0.1) is 11.3 Å². The number of hydrogen-bond acceptors (Lipinski definition) is 6. The molecule has 1 fully saturated rings. The van der Waals surface area contributed by atoms with Gasteiger partial charge >= 0.3 is 0 Å². The van der Waals surface area contributed by atoms with E-state index >= 15 is 0 Å². The molecule has 6 nitrogen and oxygen atoms in total. The maximum absolute atomic E-state index is 12.1. The van der Waals surface area contributed by atoms with E-state index < -0.39 is 0 Å². The number of amides is 1. The average molecular weight is 368 g/mol. The SMILES string of the molecule is N#Cc1ccnc(SCC(=O)Nc2ccc(CN3CCOCC3)cc2)c1. The molecule has 1 N–H and O–H groups in total. The Kier molecular flexibility index (Phi) is 6.61. The first kappa shape index (κ1) is 18.4. The number of anilines is 1. The Labute approximate surface area is 157 Å². The van der Waals surface area contributed by atoms with Crippen molar-refractivity contribution in [3.8, 4) is 6.07 Å². The molecule has 0 unspecified atom stereocenters. The maximum atomic E-state index is 12.1. The van der Waals surface area contributed by atoms with Gasteiger partial charge in [-0.15, -0.1) is 0 Å². The standard InChI is InChI=1S/C19H20N4O2S/c20-12-16-5-6-21-19(11-16)26-14-18(24)22-17-3-1-15(2-4-17)13-23-7-9-25-10-8-23/h1-6,11H,7-10,13-14H2,(H,22,24). The number of benzene rings is 1. The van der Waals surface area contributed by atoms with E-state index in [2.05, 4.69) is 21.3 Å². The zero-order valence-corrected chi connectivity index (χ0v) is 15.2. The molecule has 7 heteroatoms. The number of hydrogen-bond donors (Lipinski definition) is 1. The van der Waals surface area contributed by atoms with Crippen LogP contribution in [0.4, 0.5) is 5.69 Å². The Bertz CT molecular complexity index is 783. The molecule has 1 aromatic heterocycles. The van der Waals surface area contributed by atoms with E-state index in [0.29, 0.717) is 10.6 Å². The molecule has 0 spiro atoms. The van der Waals surface area contributed by atoms with Crippen molar-refractivity contribution < 1.29 is 9.53 Å². The molecule has 1 aliphatic rings. The van der Waals surface area contributed by atoms with E-state index in [4.69, 9.17) is 10.00 Å². The van der Waals surface area contributed by atoms with E-state index in [-0.39, 0.29) is 11.7 Å². The predicted octanol–water partition coefficient (Wildman–Crippen LogP) is 2.52. The molecule has 2 heterocycles. The third-order valence-electron chi connectivity index (χ3n) is 3.96. The summed E-state index contributed by atoms with van der Waals surface area (Å²) in [5, 5.41) is 12.4. The molecule has 0 bridgehead atoms. The summed E-state index contributed by atoms with van der Waals surface area (Å²) < 4.78 is 5.36. The topological polar surface area (TPSA) is 78.2 Å². The highest BCUT2D eigenvalue weighted by Crippen LogP contribution is 2.17. The largest absolute Gasteiger partial charge is 0.379 e. The van der Waals surface area contributed by atoms with E-state index in [9.17, 15) is 4.79 Å². The summed E-state index contributed by atoms with van der Waals surface area (Å²) >= 11 is 1.31. The highest BCUT2D eigenvalue weighted by atomic mass is 32.2. The van der Waals surface area contributed by atoms with Crippen molar-refractivity contribution in [2.24, 2.45) is 0 Å². The van der Waals surface area contributed by atoms with E-state index in [1.807, 2.05) is 24.3 Å². The quantitative estimate of drug-likeness (QED) is 0.790. The highest BCUT2D eigenvalue weighted by molar-refractivity contribution is 7.99. The molecule has 1 saturated heterocycles. The number of nitrogens with zero attached hydrogens (tertiary/aromatic N) is 3. The van der Waals surface area contributed by atoms with Gasteiger partial charge in [0, 0.05) is 31.5 Å². The Hall–Kier alpha value is -2.40. The third kappa shape index (κ3) is 5.56. The fourth-order valence-corrected chi connectivity index (χ4v) is 3.30. The molecule has 0 aliphatic carbocycles. The molecule has 0 radical (unpaired) electrons. The fourth-order valence-electron chi connectivity index (χ4n) is 2.61. The second kappa shape index (κ2) is 9.34. The van der Waals surface area contributed by atoms with Gasteiger partial charge in [-0.2, -0.15) is 5.26 Å². The van der Waals surface area contributed by atoms with Gasteiger partial charge < -0.3 is 10.1 Å². The summed E-state index contributed by atoms with van der Waals surface area (Å²) in [6.07, 6.45) is 1.58. The number of pyridine rings is 1. The summed E-state index contributed by atoms with van der Waals surface area (Å²) in [5.41, 5.74) is 2.54. The highest BCUT2D eigenvalue weighted by Gasteiger charge is 2.11. The van der Waals surface area contributed by atoms with Crippen LogP contribution in [0.25, 0.3) is 0 Å². The van der Waals surface area contributed by atoms with E-state index in [1.165, 1.54) is 17.3 Å². The van der Waals surface area contributed by atoms with Crippen molar-refractivity contribution >= 4 is 23.4 Å². The van der Waals surface area contributed by atoms with Gasteiger partial charge in [-0.1, -0.05) is 23.9 Å². The van der Waals surface area contributed by atoms with Crippen LogP contribution in [0.5, 0.6) is 0 Å². The predicted molar refractivity (Wildman–Crippen MR) is 101 cm³/mol. The lowest BCUT2D eigenvalue weighted by molar-refractivity contribution is -0.113. The van der Waals surface area contributed by atoms with Crippen LogP contribution >= 0.6 is 11.8 Å². The number of carbonyl (C=O) groups is 1. The molecule has 0 saturated carbocycles. The van der Waals surface area contributed by atoms with Crippen molar-refractivity contribution in [1.29, 1.82) is 5.26 Å². The Balaban J connectivity index is 1.47. The van der Waals surface area contributed by atoms with Crippen LogP contribution in [-0.4, -0.2) is 47.8 Å². The smallest absolute Gasteiger partial charge is 0.234 e. The fraction of sp³-hybridized carbons (Fsp3) is 0.316. The zero-order chi connectivity index (χ0) is 18.2. The number of thioether (sulfide) groups is 1. The summed E-state index contributed by atoms with van der Waals surface area (Å²) in [6, 6.07) is 13.3. The first-order valence-corrected chi connectivity index (χ1v) is 9.39. The zero-order valence-electron chi connectivity index (χ0n) is 14.4. The van der Waals surface area contributed by atoms with Gasteiger partial charge in [0.2, 0.25) is 5.91 Å². The summed E-state index contributed by atoms with van der Waals surface area (Å²) in [6.45, 7) is 4.39. The van der Waals surface area contributed by atoms with Gasteiger partial charge in [-0.3, -0.25) is 9.69 Å². The number of nitriles is 1. The molecule has 134 valence electrons. The molecule has 26 heavy (non-hydrogen) atoms. The molecule has 1 aromatic carbocycles. The molecule has 1 amide bonds. The monoisotopic (exact) mass is 368 g/mol. The van der Waals surface area contributed by atoms with E-state index in [1.54, 1.807) is 18.3 Å².